The fourth-order valence-electron chi connectivity index (χ4n) is 1.74. The minimum atomic E-state index is -0.662. The van der Waals surface area contributed by atoms with Gasteiger partial charge in [-0.3, -0.25) is 14.9 Å². The molecular weight excluding hydrogens is 292 g/mol. The third-order valence-corrected chi connectivity index (χ3v) is 3.51. The van der Waals surface area contributed by atoms with Crippen molar-refractivity contribution in [3.8, 4) is 5.75 Å². The van der Waals surface area contributed by atoms with Gasteiger partial charge in [-0.05, 0) is 42.7 Å². The molecule has 2 aromatic rings. The van der Waals surface area contributed by atoms with Gasteiger partial charge in [0.1, 0.15) is 11.3 Å². The van der Waals surface area contributed by atoms with Gasteiger partial charge in [0, 0.05) is 16.6 Å². The zero-order chi connectivity index (χ0) is 15.4. The molecule has 0 aliphatic heterocycles. The maximum atomic E-state index is 12.1. The number of phenols is 1. The second-order valence-electron chi connectivity index (χ2n) is 4.14. The Morgan fingerprint density at radius 3 is 2.48 bits per heavy atom. The molecule has 0 saturated carbocycles. The monoisotopic (exact) mass is 304 g/mol. The quantitative estimate of drug-likeness (QED) is 0.514. The SMILES string of the molecule is CSc1ccc(NC(=O)c2cc(O)ccc2[N+](=O)[O-])cc1. The average Bonchev–Trinajstić information content (AvgIpc) is 2.47. The smallest absolute Gasteiger partial charge is 0.282 e. The number of nitrogens with zero attached hydrogens (tertiary/aromatic N) is 1. The molecule has 0 aromatic heterocycles. The normalized spacial score (nSPS) is 10.1. The predicted molar refractivity (Wildman–Crippen MR) is 80.9 cm³/mol. The lowest BCUT2D eigenvalue weighted by atomic mass is 10.1. The zero-order valence-electron chi connectivity index (χ0n) is 11.1. The largest absolute Gasteiger partial charge is 0.508 e. The van der Waals surface area contributed by atoms with E-state index in [1.54, 1.807) is 23.9 Å². The summed E-state index contributed by atoms with van der Waals surface area (Å²) in [6, 6.07) is 10.4. The molecule has 0 saturated heterocycles. The first-order valence-electron chi connectivity index (χ1n) is 5.94. The standard InChI is InChI=1S/C14H12N2O4S/c1-21-11-5-2-9(3-6-11)15-14(18)12-8-10(17)4-7-13(12)16(19)20/h2-8,17H,1H3,(H,15,18). The lowest BCUT2D eigenvalue weighted by Crippen LogP contribution is -2.13. The number of benzene rings is 2. The summed E-state index contributed by atoms with van der Waals surface area (Å²) in [5, 5.41) is 22.9. The van der Waals surface area contributed by atoms with Gasteiger partial charge >= 0.3 is 0 Å². The highest BCUT2D eigenvalue weighted by Crippen LogP contribution is 2.25. The van der Waals surface area contributed by atoms with Gasteiger partial charge in [-0.2, -0.15) is 0 Å². The third-order valence-electron chi connectivity index (χ3n) is 2.77. The first kappa shape index (κ1) is 14.9. The van der Waals surface area contributed by atoms with Crippen molar-refractivity contribution < 1.29 is 14.8 Å². The van der Waals surface area contributed by atoms with E-state index < -0.39 is 10.8 Å². The molecule has 2 aromatic carbocycles. The molecule has 21 heavy (non-hydrogen) atoms. The fraction of sp³-hybridized carbons (Fsp3) is 0.0714. The minimum Gasteiger partial charge on any atom is -0.508 e. The van der Waals surface area contributed by atoms with E-state index in [9.17, 15) is 20.0 Å². The van der Waals surface area contributed by atoms with Crippen LogP contribution in [0.4, 0.5) is 11.4 Å². The number of hydrogen-bond acceptors (Lipinski definition) is 5. The first-order chi connectivity index (χ1) is 10.0. The van der Waals surface area contributed by atoms with E-state index >= 15 is 0 Å². The van der Waals surface area contributed by atoms with Crippen molar-refractivity contribution in [3.05, 3.63) is 58.1 Å². The third kappa shape index (κ3) is 3.51. The molecule has 6 nitrogen and oxygen atoms in total. The maximum absolute atomic E-state index is 12.1. The number of nitro benzene ring substituents is 1. The number of carbonyl (C=O) groups is 1. The molecule has 0 aliphatic carbocycles. The lowest BCUT2D eigenvalue weighted by molar-refractivity contribution is -0.385. The van der Waals surface area contributed by atoms with E-state index in [2.05, 4.69) is 5.32 Å². The zero-order valence-corrected chi connectivity index (χ0v) is 11.9. The number of nitro groups is 1. The molecule has 1 amide bonds. The second kappa shape index (κ2) is 6.27. The molecule has 0 heterocycles. The summed E-state index contributed by atoms with van der Waals surface area (Å²) in [7, 11) is 0. The van der Waals surface area contributed by atoms with Crippen molar-refractivity contribution in [3.63, 3.8) is 0 Å². The highest BCUT2D eigenvalue weighted by atomic mass is 32.2. The number of thioether (sulfide) groups is 1. The summed E-state index contributed by atoms with van der Waals surface area (Å²) in [5.74, 6) is -0.849. The van der Waals surface area contributed by atoms with Crippen LogP contribution in [0, 0.1) is 10.1 Å². The Balaban J connectivity index is 2.27. The molecule has 0 fully saturated rings. The molecule has 0 atom stereocenters. The fourth-order valence-corrected chi connectivity index (χ4v) is 2.15. The predicted octanol–water partition coefficient (Wildman–Crippen LogP) is 3.27. The van der Waals surface area contributed by atoms with Crippen LogP contribution in [0.15, 0.2) is 47.4 Å². The highest BCUT2D eigenvalue weighted by molar-refractivity contribution is 7.98. The number of aromatic hydroxyl groups is 1. The number of anilines is 1. The number of phenolic OH excluding ortho intramolecular Hbond substituents is 1. The number of rotatable bonds is 4. The summed E-state index contributed by atoms with van der Waals surface area (Å²) in [4.78, 5) is 23.4. The van der Waals surface area contributed by atoms with Crippen LogP contribution in [0.1, 0.15) is 10.4 Å². The van der Waals surface area contributed by atoms with Crippen molar-refractivity contribution >= 4 is 29.0 Å². The van der Waals surface area contributed by atoms with Crippen LogP contribution in [-0.2, 0) is 0 Å². The minimum absolute atomic E-state index is 0.186. The van der Waals surface area contributed by atoms with E-state index in [1.807, 2.05) is 18.4 Å². The van der Waals surface area contributed by atoms with Crippen LogP contribution in [0.2, 0.25) is 0 Å². The summed E-state index contributed by atoms with van der Waals surface area (Å²) in [6.45, 7) is 0. The first-order valence-corrected chi connectivity index (χ1v) is 7.16. The van der Waals surface area contributed by atoms with Crippen LogP contribution in [0.5, 0.6) is 5.75 Å². The van der Waals surface area contributed by atoms with Gasteiger partial charge < -0.3 is 10.4 Å². The second-order valence-corrected chi connectivity index (χ2v) is 5.02. The molecule has 7 heteroatoms. The number of carbonyl (C=O) groups excluding carboxylic acids is 1. The van der Waals surface area contributed by atoms with Gasteiger partial charge in [-0.1, -0.05) is 0 Å². The Kier molecular flexibility index (Phi) is 4.44. The molecule has 2 rings (SSSR count). The number of hydrogen-bond donors (Lipinski definition) is 2. The molecule has 108 valence electrons. The molecule has 0 unspecified atom stereocenters. The van der Waals surface area contributed by atoms with Gasteiger partial charge in [-0.15, -0.1) is 11.8 Å². The Morgan fingerprint density at radius 2 is 1.90 bits per heavy atom. The van der Waals surface area contributed by atoms with Crippen molar-refractivity contribution in [1.29, 1.82) is 0 Å². The van der Waals surface area contributed by atoms with Gasteiger partial charge in [0.2, 0.25) is 0 Å². The van der Waals surface area contributed by atoms with Crippen molar-refractivity contribution in [2.45, 2.75) is 4.90 Å². The number of amides is 1. The Hall–Kier alpha value is -2.54. The van der Waals surface area contributed by atoms with Crippen molar-refractivity contribution in [2.24, 2.45) is 0 Å². The molecule has 0 bridgehead atoms. The van der Waals surface area contributed by atoms with E-state index in [0.717, 1.165) is 17.0 Å². The van der Waals surface area contributed by atoms with Crippen LogP contribution >= 0.6 is 11.8 Å². The molecular formula is C14H12N2O4S. The summed E-state index contributed by atoms with van der Waals surface area (Å²) < 4.78 is 0. The summed E-state index contributed by atoms with van der Waals surface area (Å²) in [5.41, 5.74) is -0.0181. The van der Waals surface area contributed by atoms with Crippen LogP contribution in [-0.4, -0.2) is 22.2 Å². The molecule has 2 N–H and O–H groups in total. The van der Waals surface area contributed by atoms with Gasteiger partial charge in [0.25, 0.3) is 11.6 Å². The van der Waals surface area contributed by atoms with Gasteiger partial charge in [0.15, 0.2) is 0 Å². The highest BCUT2D eigenvalue weighted by Gasteiger charge is 2.20. The Morgan fingerprint density at radius 1 is 1.24 bits per heavy atom. The lowest BCUT2D eigenvalue weighted by Gasteiger charge is -2.07. The summed E-state index contributed by atoms with van der Waals surface area (Å²) in [6.07, 6.45) is 1.93. The van der Waals surface area contributed by atoms with Gasteiger partial charge in [0.05, 0.1) is 4.92 Å². The van der Waals surface area contributed by atoms with E-state index in [1.165, 1.54) is 6.07 Å². The van der Waals surface area contributed by atoms with E-state index in [4.69, 9.17) is 0 Å². The molecule has 0 radical (unpaired) electrons. The average molecular weight is 304 g/mol. The topological polar surface area (TPSA) is 92.5 Å². The van der Waals surface area contributed by atoms with Gasteiger partial charge in [-0.25, -0.2) is 0 Å². The summed E-state index contributed by atoms with van der Waals surface area (Å²) >= 11 is 1.57. The van der Waals surface area contributed by atoms with Crippen LogP contribution in [0.25, 0.3) is 0 Å². The Bertz CT molecular complexity index is 686. The van der Waals surface area contributed by atoms with Crippen molar-refractivity contribution in [2.75, 3.05) is 11.6 Å². The maximum Gasteiger partial charge on any atom is 0.282 e. The van der Waals surface area contributed by atoms with E-state index in [-0.39, 0.29) is 17.0 Å². The van der Waals surface area contributed by atoms with E-state index in [0.29, 0.717) is 5.69 Å². The van der Waals surface area contributed by atoms with Crippen LogP contribution < -0.4 is 5.32 Å². The van der Waals surface area contributed by atoms with Crippen LogP contribution in [0.3, 0.4) is 0 Å². The Labute approximate surface area is 125 Å². The molecule has 0 aliphatic rings. The van der Waals surface area contributed by atoms with Crippen molar-refractivity contribution in [1.82, 2.24) is 0 Å². The number of nitrogens with one attached hydrogen (secondary N) is 1. The molecule has 0 spiro atoms.